The highest BCUT2D eigenvalue weighted by Crippen LogP contribution is 2.46. The number of rotatable bonds is 4. The Morgan fingerprint density at radius 1 is 1.73 bits per heavy atom. The van der Waals surface area contributed by atoms with Gasteiger partial charge in [-0.15, -0.1) is 24.0 Å². The molecule has 1 amide bonds. The third-order valence-electron chi connectivity index (χ3n) is 2.62. The van der Waals surface area contributed by atoms with E-state index in [1.54, 1.807) is 0 Å². The number of carbonyl (C=O) groups excluding carboxylic acids is 1. The molecular weight excluding hydrogens is 246 g/mol. The van der Waals surface area contributed by atoms with E-state index in [-0.39, 0.29) is 5.91 Å². The Morgan fingerprint density at radius 2 is 2.47 bits per heavy atom. The van der Waals surface area contributed by atoms with Gasteiger partial charge in [0.15, 0.2) is 0 Å². The van der Waals surface area contributed by atoms with E-state index < -0.39 is 0 Å². The highest BCUT2D eigenvalue weighted by atomic mass is 32.2. The molecule has 1 saturated carbocycles. The van der Waals surface area contributed by atoms with Crippen LogP contribution in [-0.2, 0) is 0 Å². The van der Waals surface area contributed by atoms with E-state index in [2.05, 4.69) is 24.2 Å². The van der Waals surface area contributed by atoms with E-state index >= 15 is 0 Å². The van der Waals surface area contributed by atoms with Gasteiger partial charge in [0.25, 0.3) is 5.91 Å². The van der Waals surface area contributed by atoms with Crippen LogP contribution in [0.25, 0.3) is 0 Å². The molecule has 0 unspecified atom stereocenters. The molecular formula is C10H13NOS3. The molecule has 0 radical (unpaired) electrons. The van der Waals surface area contributed by atoms with Crippen molar-refractivity contribution in [3.8, 4) is 0 Å². The van der Waals surface area contributed by atoms with Crippen LogP contribution in [0.15, 0.2) is 16.3 Å². The molecule has 1 aromatic heterocycles. The van der Waals surface area contributed by atoms with Crippen LogP contribution in [0.3, 0.4) is 0 Å². The first-order valence-corrected chi connectivity index (χ1v) is 7.31. The third kappa shape index (κ3) is 2.71. The Labute approximate surface area is 103 Å². The second kappa shape index (κ2) is 4.39. The first-order valence-electron chi connectivity index (χ1n) is 4.76. The number of thiophene rings is 1. The van der Waals surface area contributed by atoms with Crippen molar-refractivity contribution in [2.24, 2.45) is 0 Å². The van der Waals surface area contributed by atoms with E-state index in [1.807, 2.05) is 23.2 Å². The normalized spacial score (nSPS) is 17.5. The van der Waals surface area contributed by atoms with Gasteiger partial charge in [-0.05, 0) is 25.2 Å². The van der Waals surface area contributed by atoms with Gasteiger partial charge in [0.2, 0.25) is 0 Å². The van der Waals surface area contributed by atoms with Crippen molar-refractivity contribution in [3.63, 3.8) is 0 Å². The minimum Gasteiger partial charge on any atom is -0.350 e. The molecule has 1 N–H and O–H groups in total. The van der Waals surface area contributed by atoms with Crippen LogP contribution in [0.4, 0.5) is 0 Å². The Kier molecular flexibility index (Phi) is 3.33. The maximum atomic E-state index is 11.7. The summed E-state index contributed by atoms with van der Waals surface area (Å²) in [6.07, 6.45) is 4.55. The van der Waals surface area contributed by atoms with Crippen molar-refractivity contribution < 1.29 is 4.79 Å². The lowest BCUT2D eigenvalue weighted by Crippen LogP contribution is -2.31. The lowest BCUT2D eigenvalue weighted by atomic mass is 10.4. The van der Waals surface area contributed by atoms with Crippen molar-refractivity contribution in [1.29, 1.82) is 0 Å². The van der Waals surface area contributed by atoms with Crippen LogP contribution in [-0.4, -0.2) is 23.5 Å². The smallest absolute Gasteiger partial charge is 0.261 e. The molecule has 5 heteroatoms. The van der Waals surface area contributed by atoms with Crippen LogP contribution < -0.4 is 5.32 Å². The first kappa shape index (κ1) is 11.4. The molecule has 82 valence electrons. The molecule has 0 atom stereocenters. The zero-order chi connectivity index (χ0) is 10.9. The summed E-state index contributed by atoms with van der Waals surface area (Å²) in [6.45, 7) is 0.785. The van der Waals surface area contributed by atoms with Gasteiger partial charge in [-0.2, -0.15) is 11.8 Å². The van der Waals surface area contributed by atoms with Crippen molar-refractivity contribution in [2.75, 3.05) is 12.8 Å². The Hall–Kier alpha value is -0.130. The highest BCUT2D eigenvalue weighted by molar-refractivity contribution is 8.00. The van der Waals surface area contributed by atoms with Crippen molar-refractivity contribution >= 4 is 41.6 Å². The van der Waals surface area contributed by atoms with Crippen molar-refractivity contribution in [1.82, 2.24) is 5.32 Å². The zero-order valence-corrected chi connectivity index (χ0v) is 11.0. The summed E-state index contributed by atoms with van der Waals surface area (Å²) in [5.41, 5.74) is 0. The molecule has 1 aliphatic carbocycles. The van der Waals surface area contributed by atoms with Gasteiger partial charge >= 0.3 is 0 Å². The Balaban J connectivity index is 1.88. The van der Waals surface area contributed by atoms with E-state index in [4.69, 9.17) is 0 Å². The predicted octanol–water partition coefficient (Wildman–Crippen LogP) is 2.66. The second-order valence-corrected chi connectivity index (χ2v) is 6.44. The first-order chi connectivity index (χ1) is 7.15. The number of nitrogens with one attached hydrogen (secondary N) is 1. The van der Waals surface area contributed by atoms with E-state index in [0.29, 0.717) is 4.75 Å². The second-order valence-electron chi connectivity index (χ2n) is 3.74. The lowest BCUT2D eigenvalue weighted by molar-refractivity contribution is 0.0957. The van der Waals surface area contributed by atoms with Gasteiger partial charge in [-0.3, -0.25) is 4.79 Å². The van der Waals surface area contributed by atoms with E-state index in [9.17, 15) is 4.79 Å². The van der Waals surface area contributed by atoms with Gasteiger partial charge in [0.05, 0.1) is 4.88 Å². The molecule has 1 fully saturated rings. The van der Waals surface area contributed by atoms with Crippen LogP contribution >= 0.6 is 35.7 Å². The predicted molar refractivity (Wildman–Crippen MR) is 69.4 cm³/mol. The number of hydrogen-bond acceptors (Lipinski definition) is 4. The molecule has 0 saturated heterocycles. The molecule has 0 aromatic carbocycles. The van der Waals surface area contributed by atoms with E-state index in [0.717, 1.165) is 16.3 Å². The molecule has 2 nitrogen and oxygen atoms in total. The minimum absolute atomic E-state index is 0.0284. The number of thiol groups is 1. The molecule has 0 spiro atoms. The van der Waals surface area contributed by atoms with Gasteiger partial charge < -0.3 is 5.32 Å². The van der Waals surface area contributed by atoms with Crippen LogP contribution in [0.5, 0.6) is 0 Å². The molecule has 1 aromatic rings. The molecule has 1 heterocycles. The minimum atomic E-state index is 0.0284. The summed E-state index contributed by atoms with van der Waals surface area (Å²) in [4.78, 5) is 13.3. The lowest BCUT2D eigenvalue weighted by Gasteiger charge is -2.12. The Bertz CT molecular complexity index is 370. The maximum absolute atomic E-state index is 11.7. The number of amides is 1. The maximum Gasteiger partial charge on any atom is 0.261 e. The fourth-order valence-electron chi connectivity index (χ4n) is 1.37. The average molecular weight is 259 g/mol. The van der Waals surface area contributed by atoms with Gasteiger partial charge in [0, 0.05) is 21.6 Å². The summed E-state index contributed by atoms with van der Waals surface area (Å²) in [6, 6.07) is 1.81. The molecule has 0 aliphatic heterocycles. The number of thioether (sulfide) groups is 1. The number of hydrogen-bond donors (Lipinski definition) is 2. The summed E-state index contributed by atoms with van der Waals surface area (Å²) in [5, 5.41) is 4.86. The van der Waals surface area contributed by atoms with Crippen LogP contribution in [0.1, 0.15) is 22.5 Å². The SMILES string of the molecule is CSC1(CNC(=O)c2cc(S)cs2)CC1. The van der Waals surface area contributed by atoms with Crippen LogP contribution in [0, 0.1) is 0 Å². The quantitative estimate of drug-likeness (QED) is 0.814. The third-order valence-corrected chi connectivity index (χ3v) is 5.40. The van der Waals surface area contributed by atoms with Crippen molar-refractivity contribution in [2.45, 2.75) is 22.5 Å². The average Bonchev–Trinajstić information content (AvgIpc) is 2.90. The largest absolute Gasteiger partial charge is 0.350 e. The van der Waals surface area contributed by atoms with E-state index in [1.165, 1.54) is 24.2 Å². The highest BCUT2D eigenvalue weighted by Gasteiger charge is 2.41. The van der Waals surface area contributed by atoms with Gasteiger partial charge in [0.1, 0.15) is 0 Å². The van der Waals surface area contributed by atoms with Crippen LogP contribution in [0.2, 0.25) is 0 Å². The standard InChI is InChI=1S/C10H13NOS3/c1-14-10(2-3-10)6-11-9(12)8-4-7(13)5-15-8/h4-5,13H,2-3,6H2,1H3,(H,11,12). The Morgan fingerprint density at radius 3 is 2.93 bits per heavy atom. The fraction of sp³-hybridized carbons (Fsp3) is 0.500. The topological polar surface area (TPSA) is 29.1 Å². The molecule has 15 heavy (non-hydrogen) atoms. The summed E-state index contributed by atoms with van der Waals surface area (Å²) >= 11 is 7.48. The molecule has 2 rings (SSSR count). The summed E-state index contributed by atoms with van der Waals surface area (Å²) < 4.78 is 0.330. The monoisotopic (exact) mass is 259 g/mol. The summed E-state index contributed by atoms with van der Waals surface area (Å²) in [5.74, 6) is 0.0284. The molecule has 1 aliphatic rings. The molecule has 0 bridgehead atoms. The van der Waals surface area contributed by atoms with Gasteiger partial charge in [-0.1, -0.05) is 0 Å². The van der Waals surface area contributed by atoms with Crippen molar-refractivity contribution in [3.05, 3.63) is 16.3 Å². The summed E-state index contributed by atoms with van der Waals surface area (Å²) in [7, 11) is 0. The number of carbonyl (C=O) groups is 1. The fourth-order valence-corrected chi connectivity index (χ4v) is 3.16. The van der Waals surface area contributed by atoms with Gasteiger partial charge in [-0.25, -0.2) is 0 Å². The zero-order valence-electron chi connectivity index (χ0n) is 8.45.